The summed E-state index contributed by atoms with van der Waals surface area (Å²) in [6.07, 6.45) is 3.35. The van der Waals surface area contributed by atoms with E-state index < -0.39 is 0 Å². The van der Waals surface area contributed by atoms with Gasteiger partial charge in [0.25, 0.3) is 5.91 Å². The van der Waals surface area contributed by atoms with Gasteiger partial charge in [-0.1, -0.05) is 11.6 Å². The van der Waals surface area contributed by atoms with Gasteiger partial charge >= 0.3 is 0 Å². The fourth-order valence-corrected chi connectivity index (χ4v) is 3.58. The van der Waals surface area contributed by atoms with Crippen LogP contribution in [0.1, 0.15) is 10.4 Å². The smallest absolute Gasteiger partial charge is 0.254 e. The fourth-order valence-electron chi connectivity index (χ4n) is 3.39. The van der Waals surface area contributed by atoms with E-state index in [1.807, 2.05) is 24.2 Å². The molecule has 0 aliphatic carbocycles. The Hall–Kier alpha value is -3.17. The molecule has 3 aromatic rings. The zero-order chi connectivity index (χ0) is 22.0. The molecule has 0 unspecified atom stereocenters. The molecule has 0 saturated carbocycles. The van der Waals surface area contributed by atoms with Gasteiger partial charge in [-0.05, 0) is 31.3 Å². The molecule has 0 atom stereocenters. The average Bonchev–Trinajstić information content (AvgIpc) is 3.21. The highest BCUT2D eigenvalue weighted by atomic mass is 35.5. The first-order valence-corrected chi connectivity index (χ1v) is 10.3. The van der Waals surface area contributed by atoms with Crippen molar-refractivity contribution in [3.8, 4) is 17.1 Å². The molecule has 0 spiro atoms. The molecule has 3 heterocycles. The molecule has 4 rings (SSSR count). The van der Waals surface area contributed by atoms with Gasteiger partial charge in [-0.3, -0.25) is 9.48 Å². The van der Waals surface area contributed by atoms with Crippen LogP contribution < -0.4 is 10.1 Å². The Morgan fingerprint density at radius 3 is 2.61 bits per heavy atom. The Bertz CT molecular complexity index is 1090. The number of aromatic nitrogens is 4. The lowest BCUT2D eigenvalue weighted by Crippen LogP contribution is -2.47. The van der Waals surface area contributed by atoms with Crippen LogP contribution in [0.3, 0.4) is 0 Å². The summed E-state index contributed by atoms with van der Waals surface area (Å²) < 4.78 is 7.20. The molecule has 1 fully saturated rings. The normalized spacial score (nSPS) is 14.5. The van der Waals surface area contributed by atoms with E-state index in [-0.39, 0.29) is 5.91 Å². The minimum absolute atomic E-state index is 0.00173. The number of hydrogen-bond acceptors (Lipinski definition) is 7. The first-order valence-electron chi connectivity index (χ1n) is 9.90. The molecule has 0 bridgehead atoms. The number of carbonyl (C=O) groups excluding carboxylic acids is 1. The third-order valence-corrected chi connectivity index (χ3v) is 5.46. The summed E-state index contributed by atoms with van der Waals surface area (Å²) in [7, 11) is 5.45. The van der Waals surface area contributed by atoms with Crippen LogP contribution in [0.2, 0.25) is 5.02 Å². The van der Waals surface area contributed by atoms with E-state index in [2.05, 4.69) is 32.3 Å². The molecule has 1 aromatic carbocycles. The van der Waals surface area contributed by atoms with Crippen LogP contribution in [0, 0.1) is 0 Å². The van der Waals surface area contributed by atoms with Crippen LogP contribution in [0.5, 0.6) is 5.75 Å². The highest BCUT2D eigenvalue weighted by molar-refractivity contribution is 6.32. The van der Waals surface area contributed by atoms with Gasteiger partial charge in [-0.15, -0.1) is 0 Å². The number of benzene rings is 1. The molecule has 31 heavy (non-hydrogen) atoms. The minimum atomic E-state index is -0.00173. The number of aryl methyl sites for hydroxylation is 1. The summed E-state index contributed by atoms with van der Waals surface area (Å²) in [4.78, 5) is 25.7. The van der Waals surface area contributed by atoms with Crippen LogP contribution in [-0.4, -0.2) is 75.8 Å². The van der Waals surface area contributed by atoms with Gasteiger partial charge in [0.2, 0.25) is 5.95 Å². The molecule has 1 amide bonds. The topological polar surface area (TPSA) is 88.4 Å². The van der Waals surface area contributed by atoms with Crippen LogP contribution in [0.25, 0.3) is 11.4 Å². The number of methoxy groups -OCH3 is 1. The SMILES string of the molecule is COc1cc(C(=O)N2CCN(C)CC2)ccc1Nc1ncc(Cl)c(-c2ccn(C)n2)n1. The lowest BCUT2D eigenvalue weighted by molar-refractivity contribution is 0.0664. The number of piperazine rings is 1. The van der Waals surface area contributed by atoms with Crippen molar-refractivity contribution in [2.45, 2.75) is 0 Å². The second-order valence-electron chi connectivity index (χ2n) is 7.40. The largest absolute Gasteiger partial charge is 0.495 e. The summed E-state index contributed by atoms with van der Waals surface area (Å²) in [6.45, 7) is 3.17. The predicted molar refractivity (Wildman–Crippen MR) is 119 cm³/mol. The van der Waals surface area contributed by atoms with E-state index in [0.717, 1.165) is 13.1 Å². The summed E-state index contributed by atoms with van der Waals surface area (Å²) in [6, 6.07) is 7.14. The van der Waals surface area contributed by atoms with E-state index >= 15 is 0 Å². The van der Waals surface area contributed by atoms with Crippen molar-refractivity contribution in [3.05, 3.63) is 47.2 Å². The summed E-state index contributed by atoms with van der Waals surface area (Å²) in [5.74, 6) is 0.873. The van der Waals surface area contributed by atoms with Gasteiger partial charge in [0.05, 0.1) is 24.0 Å². The number of ether oxygens (including phenoxy) is 1. The first kappa shape index (κ1) is 21.1. The van der Waals surface area contributed by atoms with Gasteiger partial charge in [-0.2, -0.15) is 5.10 Å². The molecule has 0 radical (unpaired) electrons. The Kier molecular flexibility index (Phi) is 6.06. The highest BCUT2D eigenvalue weighted by Gasteiger charge is 2.21. The van der Waals surface area contributed by atoms with Gasteiger partial charge in [0, 0.05) is 45.0 Å². The monoisotopic (exact) mass is 441 g/mol. The molecule has 1 saturated heterocycles. The van der Waals surface area contributed by atoms with E-state index in [4.69, 9.17) is 16.3 Å². The Balaban J connectivity index is 1.56. The second kappa shape index (κ2) is 8.91. The lowest BCUT2D eigenvalue weighted by Gasteiger charge is -2.32. The Labute approximate surface area is 185 Å². The molecule has 1 aliphatic rings. The molecule has 10 heteroatoms. The molecule has 162 valence electrons. The number of halogens is 1. The fraction of sp³-hybridized carbons (Fsp3) is 0.333. The second-order valence-corrected chi connectivity index (χ2v) is 7.81. The van der Waals surface area contributed by atoms with Crippen LogP contribution in [-0.2, 0) is 7.05 Å². The Morgan fingerprint density at radius 2 is 1.94 bits per heavy atom. The maximum Gasteiger partial charge on any atom is 0.254 e. The molecular formula is C21H24ClN7O2. The summed E-state index contributed by atoms with van der Waals surface area (Å²) in [5, 5.41) is 7.90. The molecule has 2 aromatic heterocycles. The van der Waals surface area contributed by atoms with Crippen molar-refractivity contribution in [1.82, 2.24) is 29.5 Å². The molecule has 9 nitrogen and oxygen atoms in total. The average molecular weight is 442 g/mol. The third-order valence-electron chi connectivity index (χ3n) is 5.19. The zero-order valence-electron chi connectivity index (χ0n) is 17.7. The van der Waals surface area contributed by atoms with E-state index in [9.17, 15) is 4.79 Å². The van der Waals surface area contributed by atoms with Crippen LogP contribution >= 0.6 is 11.6 Å². The number of nitrogens with one attached hydrogen (secondary N) is 1. The molecular weight excluding hydrogens is 418 g/mol. The first-order chi connectivity index (χ1) is 14.9. The summed E-state index contributed by atoms with van der Waals surface area (Å²) >= 11 is 6.27. The number of rotatable bonds is 5. The van der Waals surface area contributed by atoms with Crippen LogP contribution in [0.15, 0.2) is 36.7 Å². The van der Waals surface area contributed by atoms with Crippen molar-refractivity contribution in [1.29, 1.82) is 0 Å². The standard InChI is InChI=1S/C21H24ClN7O2/c1-27-8-10-29(11-9-27)20(30)14-4-5-16(18(12-14)31-3)24-21-23-13-15(22)19(25-21)17-6-7-28(2)26-17/h4-7,12-13H,8-11H2,1-3H3,(H,23,24,25). The van der Waals surface area contributed by atoms with Crippen LogP contribution in [0.4, 0.5) is 11.6 Å². The number of likely N-dealkylation sites (N-methyl/N-ethyl adjacent to an activating group) is 1. The van der Waals surface area contributed by atoms with Gasteiger partial charge in [0.1, 0.15) is 17.1 Å². The maximum absolute atomic E-state index is 12.9. The van der Waals surface area contributed by atoms with E-state index in [0.29, 0.717) is 52.4 Å². The van der Waals surface area contributed by atoms with E-state index in [1.165, 1.54) is 6.20 Å². The van der Waals surface area contributed by atoms with Crippen molar-refractivity contribution in [2.24, 2.45) is 7.05 Å². The lowest BCUT2D eigenvalue weighted by atomic mass is 10.1. The van der Waals surface area contributed by atoms with Crippen molar-refractivity contribution in [2.75, 3.05) is 45.7 Å². The number of carbonyl (C=O) groups is 1. The van der Waals surface area contributed by atoms with Crippen molar-refractivity contribution in [3.63, 3.8) is 0 Å². The maximum atomic E-state index is 12.9. The number of amides is 1. The third kappa shape index (κ3) is 4.62. The quantitative estimate of drug-likeness (QED) is 0.651. The van der Waals surface area contributed by atoms with Crippen molar-refractivity contribution < 1.29 is 9.53 Å². The zero-order valence-corrected chi connectivity index (χ0v) is 18.4. The number of nitrogens with zero attached hydrogens (tertiary/aromatic N) is 6. The number of anilines is 2. The van der Waals surface area contributed by atoms with Gasteiger partial charge < -0.3 is 19.9 Å². The van der Waals surface area contributed by atoms with E-state index in [1.54, 1.807) is 30.0 Å². The predicted octanol–water partition coefficient (Wildman–Crippen LogP) is 2.67. The highest BCUT2D eigenvalue weighted by Crippen LogP contribution is 2.30. The minimum Gasteiger partial charge on any atom is -0.495 e. The van der Waals surface area contributed by atoms with Gasteiger partial charge in [0.15, 0.2) is 0 Å². The number of hydrogen-bond donors (Lipinski definition) is 1. The van der Waals surface area contributed by atoms with Crippen molar-refractivity contribution >= 4 is 29.1 Å². The Morgan fingerprint density at radius 1 is 1.16 bits per heavy atom. The molecule has 1 aliphatic heterocycles. The molecule has 1 N–H and O–H groups in total. The summed E-state index contributed by atoms with van der Waals surface area (Å²) in [5.41, 5.74) is 2.41. The van der Waals surface area contributed by atoms with Gasteiger partial charge in [-0.25, -0.2) is 9.97 Å².